The Morgan fingerprint density at radius 2 is 1.70 bits per heavy atom. The molecular weight excluding hydrogens is 312 g/mol. The molecule has 1 amide bonds. The summed E-state index contributed by atoms with van der Waals surface area (Å²) in [6.07, 6.45) is 0. The van der Waals surface area contributed by atoms with Crippen LogP contribution in [0.4, 0.5) is 0 Å². The van der Waals surface area contributed by atoms with E-state index < -0.39 is 6.04 Å². The maximum Gasteiger partial charge on any atom is 0.241 e. The Kier molecular flexibility index (Phi) is 8.33. The fourth-order valence-electron chi connectivity index (χ4n) is 2.08. The van der Waals surface area contributed by atoms with Crippen LogP contribution < -0.4 is 11.1 Å². The van der Waals surface area contributed by atoms with E-state index >= 15 is 0 Å². The Hall–Kier alpha value is -1.88. The minimum Gasteiger partial charge on any atom is -0.377 e. The van der Waals surface area contributed by atoms with E-state index in [9.17, 15) is 4.79 Å². The highest BCUT2D eigenvalue weighted by molar-refractivity contribution is 5.85. The lowest BCUT2D eigenvalue weighted by Crippen LogP contribution is -2.33. The van der Waals surface area contributed by atoms with Crippen LogP contribution in [0.3, 0.4) is 0 Å². The highest BCUT2D eigenvalue weighted by Crippen LogP contribution is 2.10. The molecule has 0 aromatic heterocycles. The van der Waals surface area contributed by atoms with E-state index in [0.717, 1.165) is 16.7 Å². The van der Waals surface area contributed by atoms with Crippen molar-refractivity contribution in [1.82, 2.24) is 5.32 Å². The molecule has 23 heavy (non-hydrogen) atoms. The second-order valence-electron chi connectivity index (χ2n) is 5.06. The van der Waals surface area contributed by atoms with Crippen molar-refractivity contribution in [3.8, 4) is 0 Å². The zero-order valence-electron chi connectivity index (χ0n) is 13.2. The standard InChI is InChI=1S/C18H22N2O2.ClH/c1-2-22-13-15-10-8-14(9-11-15)12-20-18(21)17(19)16-6-4-3-5-7-16;/h3-11,17H,2,12-13,19H2,1H3,(H,20,21);1H. The van der Waals surface area contributed by atoms with Crippen molar-refractivity contribution in [1.29, 1.82) is 0 Å². The van der Waals surface area contributed by atoms with Crippen LogP contribution in [-0.4, -0.2) is 12.5 Å². The molecule has 5 heteroatoms. The van der Waals surface area contributed by atoms with Crippen molar-refractivity contribution in [3.63, 3.8) is 0 Å². The zero-order valence-corrected chi connectivity index (χ0v) is 14.0. The molecule has 0 saturated carbocycles. The maximum absolute atomic E-state index is 12.1. The molecule has 0 fully saturated rings. The van der Waals surface area contributed by atoms with Crippen LogP contribution in [0.1, 0.15) is 29.7 Å². The van der Waals surface area contributed by atoms with Crippen molar-refractivity contribution < 1.29 is 9.53 Å². The first-order chi connectivity index (χ1) is 10.7. The average molecular weight is 335 g/mol. The summed E-state index contributed by atoms with van der Waals surface area (Å²) in [4.78, 5) is 12.1. The fraction of sp³-hybridized carbons (Fsp3) is 0.278. The minimum atomic E-state index is -0.640. The molecule has 1 atom stereocenters. The van der Waals surface area contributed by atoms with Crippen LogP contribution in [0.5, 0.6) is 0 Å². The molecule has 0 aliphatic heterocycles. The molecule has 3 N–H and O–H groups in total. The fourth-order valence-corrected chi connectivity index (χ4v) is 2.08. The highest BCUT2D eigenvalue weighted by atomic mass is 35.5. The molecule has 2 aromatic rings. The van der Waals surface area contributed by atoms with Crippen LogP contribution in [0, 0.1) is 0 Å². The second kappa shape index (κ2) is 10.0. The lowest BCUT2D eigenvalue weighted by molar-refractivity contribution is -0.122. The van der Waals surface area contributed by atoms with E-state index in [1.807, 2.05) is 61.5 Å². The Morgan fingerprint density at radius 3 is 2.30 bits per heavy atom. The number of hydrogen-bond acceptors (Lipinski definition) is 3. The van der Waals surface area contributed by atoms with Crippen molar-refractivity contribution in [2.45, 2.75) is 26.1 Å². The van der Waals surface area contributed by atoms with E-state index in [1.54, 1.807) is 0 Å². The number of benzene rings is 2. The van der Waals surface area contributed by atoms with Crippen molar-refractivity contribution in [3.05, 3.63) is 71.3 Å². The molecule has 0 radical (unpaired) electrons. The Morgan fingerprint density at radius 1 is 1.09 bits per heavy atom. The molecular formula is C18H23ClN2O2. The van der Waals surface area contributed by atoms with Crippen LogP contribution in [0.25, 0.3) is 0 Å². The first-order valence-electron chi connectivity index (χ1n) is 7.44. The summed E-state index contributed by atoms with van der Waals surface area (Å²) in [5.41, 5.74) is 8.92. The molecule has 2 rings (SSSR count). The number of nitrogens with two attached hydrogens (primary N) is 1. The Labute approximate surface area is 143 Å². The summed E-state index contributed by atoms with van der Waals surface area (Å²) in [5.74, 6) is -0.176. The number of amides is 1. The van der Waals surface area contributed by atoms with Crippen molar-refractivity contribution in [2.75, 3.05) is 6.61 Å². The quantitative estimate of drug-likeness (QED) is 0.818. The van der Waals surface area contributed by atoms with Crippen LogP contribution in [0.15, 0.2) is 54.6 Å². The third kappa shape index (κ3) is 6.02. The van der Waals surface area contributed by atoms with Gasteiger partial charge in [0.05, 0.1) is 6.61 Å². The number of ether oxygens (including phenoxy) is 1. The smallest absolute Gasteiger partial charge is 0.241 e. The average Bonchev–Trinajstić information content (AvgIpc) is 2.58. The molecule has 0 aliphatic carbocycles. The number of hydrogen-bond donors (Lipinski definition) is 2. The number of nitrogens with one attached hydrogen (secondary N) is 1. The van der Waals surface area contributed by atoms with Gasteiger partial charge < -0.3 is 15.8 Å². The van der Waals surface area contributed by atoms with E-state index in [1.165, 1.54) is 0 Å². The first-order valence-corrected chi connectivity index (χ1v) is 7.44. The van der Waals surface area contributed by atoms with Crippen molar-refractivity contribution >= 4 is 18.3 Å². The number of carbonyl (C=O) groups excluding carboxylic acids is 1. The molecule has 0 bridgehead atoms. The molecule has 0 heterocycles. The van der Waals surface area contributed by atoms with E-state index in [4.69, 9.17) is 10.5 Å². The summed E-state index contributed by atoms with van der Waals surface area (Å²) < 4.78 is 5.35. The van der Waals surface area contributed by atoms with Gasteiger partial charge in [-0.1, -0.05) is 54.6 Å². The summed E-state index contributed by atoms with van der Waals surface area (Å²) in [7, 11) is 0. The number of rotatable bonds is 7. The predicted octanol–water partition coefficient (Wildman–Crippen LogP) is 2.96. The third-order valence-electron chi connectivity index (χ3n) is 3.40. The highest BCUT2D eigenvalue weighted by Gasteiger charge is 2.14. The van der Waals surface area contributed by atoms with E-state index in [2.05, 4.69) is 5.32 Å². The zero-order chi connectivity index (χ0) is 15.8. The topological polar surface area (TPSA) is 64.3 Å². The molecule has 4 nitrogen and oxygen atoms in total. The monoisotopic (exact) mass is 334 g/mol. The lowest BCUT2D eigenvalue weighted by atomic mass is 10.1. The minimum absolute atomic E-state index is 0. The van der Waals surface area contributed by atoms with Crippen LogP contribution >= 0.6 is 12.4 Å². The van der Waals surface area contributed by atoms with Gasteiger partial charge in [0.15, 0.2) is 0 Å². The predicted molar refractivity (Wildman–Crippen MR) is 94.2 cm³/mol. The molecule has 0 aliphatic rings. The third-order valence-corrected chi connectivity index (χ3v) is 3.40. The van der Waals surface area contributed by atoms with Crippen LogP contribution in [0.2, 0.25) is 0 Å². The molecule has 124 valence electrons. The van der Waals surface area contributed by atoms with Gasteiger partial charge in [-0.15, -0.1) is 12.4 Å². The van der Waals surface area contributed by atoms with Gasteiger partial charge in [-0.25, -0.2) is 0 Å². The second-order valence-corrected chi connectivity index (χ2v) is 5.06. The van der Waals surface area contributed by atoms with Gasteiger partial charge in [-0.05, 0) is 23.6 Å². The largest absolute Gasteiger partial charge is 0.377 e. The van der Waals surface area contributed by atoms with Gasteiger partial charge in [-0.3, -0.25) is 4.79 Å². The normalized spacial score (nSPS) is 11.4. The summed E-state index contributed by atoms with van der Waals surface area (Å²) >= 11 is 0. The Bertz CT molecular complexity index is 588. The van der Waals surface area contributed by atoms with Gasteiger partial charge in [0.1, 0.15) is 6.04 Å². The number of halogens is 1. The maximum atomic E-state index is 12.1. The SMILES string of the molecule is CCOCc1ccc(CNC(=O)C(N)c2ccccc2)cc1.Cl. The summed E-state index contributed by atoms with van der Waals surface area (Å²) in [6.45, 7) is 3.76. The lowest BCUT2D eigenvalue weighted by Gasteiger charge is -2.12. The number of carbonyl (C=O) groups is 1. The van der Waals surface area contributed by atoms with E-state index in [0.29, 0.717) is 19.8 Å². The Balaban J connectivity index is 0.00000264. The molecule has 2 aromatic carbocycles. The summed E-state index contributed by atoms with van der Waals surface area (Å²) in [5, 5.41) is 2.86. The van der Waals surface area contributed by atoms with Gasteiger partial charge in [0, 0.05) is 13.2 Å². The molecule has 0 spiro atoms. The van der Waals surface area contributed by atoms with Gasteiger partial charge in [-0.2, -0.15) is 0 Å². The molecule has 0 saturated heterocycles. The van der Waals surface area contributed by atoms with Gasteiger partial charge >= 0.3 is 0 Å². The van der Waals surface area contributed by atoms with Crippen molar-refractivity contribution in [2.24, 2.45) is 5.73 Å². The first kappa shape index (κ1) is 19.2. The molecule has 1 unspecified atom stereocenters. The van der Waals surface area contributed by atoms with Gasteiger partial charge in [0.2, 0.25) is 5.91 Å². The van der Waals surface area contributed by atoms with E-state index in [-0.39, 0.29) is 18.3 Å². The van der Waals surface area contributed by atoms with Crippen LogP contribution in [-0.2, 0) is 22.7 Å². The van der Waals surface area contributed by atoms with Gasteiger partial charge in [0.25, 0.3) is 0 Å². The summed E-state index contributed by atoms with van der Waals surface area (Å²) in [6, 6.07) is 16.7.